The number of amides is 1. The van der Waals surface area contributed by atoms with Crippen molar-refractivity contribution in [3.63, 3.8) is 0 Å². The van der Waals surface area contributed by atoms with Crippen LogP contribution in [0.1, 0.15) is 19.3 Å². The van der Waals surface area contributed by atoms with E-state index in [1.807, 2.05) is 4.90 Å². The molecule has 0 aliphatic carbocycles. The highest BCUT2D eigenvalue weighted by molar-refractivity contribution is 5.78. The summed E-state index contributed by atoms with van der Waals surface area (Å²) >= 11 is 0. The number of hydrogen-bond donors (Lipinski definition) is 1. The molecule has 2 aliphatic rings. The zero-order valence-electron chi connectivity index (χ0n) is 8.61. The lowest BCUT2D eigenvalue weighted by atomic mass is 10.3. The molecule has 0 spiro atoms. The second kappa shape index (κ2) is 4.28. The third-order valence-electron chi connectivity index (χ3n) is 3.13. The molecule has 2 heterocycles. The summed E-state index contributed by atoms with van der Waals surface area (Å²) in [4.78, 5) is 15.9. The molecular weight excluding hydrogens is 178 g/mol. The predicted octanol–water partition coefficient (Wildman–Crippen LogP) is -0.358. The smallest absolute Gasteiger partial charge is 0.236 e. The van der Waals surface area contributed by atoms with Gasteiger partial charge < -0.3 is 10.6 Å². The van der Waals surface area contributed by atoms with Crippen LogP contribution in [-0.4, -0.2) is 54.5 Å². The first-order valence-corrected chi connectivity index (χ1v) is 5.51. The lowest BCUT2D eigenvalue weighted by Gasteiger charge is -2.20. The van der Waals surface area contributed by atoms with E-state index in [1.165, 1.54) is 12.8 Å². The Morgan fingerprint density at radius 3 is 2.57 bits per heavy atom. The minimum atomic E-state index is 0.279. The lowest BCUT2D eigenvalue weighted by Crippen LogP contribution is -2.38. The minimum Gasteiger partial charge on any atom is -0.342 e. The van der Waals surface area contributed by atoms with Gasteiger partial charge in [0.2, 0.25) is 5.91 Å². The van der Waals surface area contributed by atoms with Crippen molar-refractivity contribution < 1.29 is 4.79 Å². The van der Waals surface area contributed by atoms with Gasteiger partial charge in [0.25, 0.3) is 0 Å². The normalized spacial score (nSPS) is 28.6. The molecule has 2 aliphatic heterocycles. The van der Waals surface area contributed by atoms with E-state index in [9.17, 15) is 4.79 Å². The second-order valence-corrected chi connectivity index (χ2v) is 4.37. The molecule has 0 radical (unpaired) electrons. The van der Waals surface area contributed by atoms with E-state index in [1.54, 1.807) is 0 Å². The first kappa shape index (κ1) is 9.93. The molecule has 1 atom stereocenters. The fraction of sp³-hybridized carbons (Fsp3) is 0.900. The van der Waals surface area contributed by atoms with Crippen LogP contribution in [0.2, 0.25) is 0 Å². The summed E-state index contributed by atoms with van der Waals surface area (Å²) in [5.74, 6) is 0.289. The van der Waals surface area contributed by atoms with Crippen LogP contribution in [0.15, 0.2) is 0 Å². The highest BCUT2D eigenvalue weighted by Gasteiger charge is 2.24. The lowest BCUT2D eigenvalue weighted by molar-refractivity contribution is -0.131. The number of nitrogens with zero attached hydrogens (tertiary/aromatic N) is 2. The predicted molar refractivity (Wildman–Crippen MR) is 54.8 cm³/mol. The largest absolute Gasteiger partial charge is 0.342 e. The highest BCUT2D eigenvalue weighted by Crippen LogP contribution is 2.10. The molecule has 0 aromatic heterocycles. The fourth-order valence-electron chi connectivity index (χ4n) is 2.26. The second-order valence-electron chi connectivity index (χ2n) is 4.37. The highest BCUT2D eigenvalue weighted by atomic mass is 16.2. The van der Waals surface area contributed by atoms with Crippen molar-refractivity contribution in [2.45, 2.75) is 25.3 Å². The van der Waals surface area contributed by atoms with Gasteiger partial charge in [-0.15, -0.1) is 0 Å². The van der Waals surface area contributed by atoms with Crippen LogP contribution in [0.5, 0.6) is 0 Å². The summed E-state index contributed by atoms with van der Waals surface area (Å²) in [5, 5.41) is 0. The summed E-state index contributed by atoms with van der Waals surface area (Å²) in [6.07, 6.45) is 3.38. The average molecular weight is 197 g/mol. The van der Waals surface area contributed by atoms with Crippen molar-refractivity contribution in [2.24, 2.45) is 5.73 Å². The molecule has 2 saturated heterocycles. The summed E-state index contributed by atoms with van der Waals surface area (Å²) in [6, 6.07) is 0.279. The standard InChI is InChI=1S/C10H19N3O/c11-9-3-6-12(7-9)8-10(14)13-4-1-2-5-13/h9H,1-8,11H2/t9-/m1/s1. The SMILES string of the molecule is N[C@@H]1CCN(CC(=O)N2CCCC2)C1. The Kier molecular flexibility index (Phi) is 3.03. The summed E-state index contributed by atoms with van der Waals surface area (Å²) < 4.78 is 0. The van der Waals surface area contributed by atoms with Crippen LogP contribution in [0.3, 0.4) is 0 Å². The molecular formula is C10H19N3O. The van der Waals surface area contributed by atoms with Gasteiger partial charge in [-0.2, -0.15) is 0 Å². The molecule has 1 amide bonds. The van der Waals surface area contributed by atoms with Crippen molar-refractivity contribution in [3.8, 4) is 0 Å². The Hall–Kier alpha value is -0.610. The topological polar surface area (TPSA) is 49.6 Å². The van der Waals surface area contributed by atoms with Crippen LogP contribution >= 0.6 is 0 Å². The van der Waals surface area contributed by atoms with E-state index < -0.39 is 0 Å². The number of nitrogens with two attached hydrogens (primary N) is 1. The molecule has 4 heteroatoms. The molecule has 2 fully saturated rings. The first-order valence-electron chi connectivity index (χ1n) is 5.51. The number of likely N-dealkylation sites (tertiary alicyclic amines) is 2. The zero-order valence-corrected chi connectivity index (χ0v) is 8.61. The van der Waals surface area contributed by atoms with Crippen molar-refractivity contribution in [1.29, 1.82) is 0 Å². The van der Waals surface area contributed by atoms with Gasteiger partial charge in [-0.3, -0.25) is 9.69 Å². The summed E-state index contributed by atoms with van der Waals surface area (Å²) in [7, 11) is 0. The van der Waals surface area contributed by atoms with Gasteiger partial charge in [0.05, 0.1) is 6.54 Å². The third-order valence-corrected chi connectivity index (χ3v) is 3.13. The molecule has 2 N–H and O–H groups in total. The van der Waals surface area contributed by atoms with E-state index in [-0.39, 0.29) is 11.9 Å². The van der Waals surface area contributed by atoms with E-state index in [0.717, 1.165) is 32.6 Å². The van der Waals surface area contributed by atoms with Crippen molar-refractivity contribution >= 4 is 5.91 Å². The number of carbonyl (C=O) groups is 1. The Labute approximate surface area is 85.0 Å². The molecule has 0 aromatic rings. The van der Waals surface area contributed by atoms with Crippen molar-refractivity contribution in [1.82, 2.24) is 9.80 Å². The van der Waals surface area contributed by atoms with Gasteiger partial charge in [0, 0.05) is 32.2 Å². The maximum absolute atomic E-state index is 11.8. The van der Waals surface area contributed by atoms with Crippen LogP contribution in [0.25, 0.3) is 0 Å². The van der Waals surface area contributed by atoms with Gasteiger partial charge >= 0.3 is 0 Å². The monoisotopic (exact) mass is 197 g/mol. The third kappa shape index (κ3) is 2.25. The van der Waals surface area contributed by atoms with Gasteiger partial charge in [0.15, 0.2) is 0 Å². The molecule has 0 unspecified atom stereocenters. The quantitative estimate of drug-likeness (QED) is 0.658. The molecule has 0 saturated carbocycles. The first-order chi connectivity index (χ1) is 6.75. The van der Waals surface area contributed by atoms with Gasteiger partial charge in [-0.25, -0.2) is 0 Å². The summed E-state index contributed by atoms with van der Waals surface area (Å²) in [5.41, 5.74) is 5.79. The van der Waals surface area contributed by atoms with Gasteiger partial charge in [-0.1, -0.05) is 0 Å². The van der Waals surface area contributed by atoms with Crippen LogP contribution in [-0.2, 0) is 4.79 Å². The Bertz CT molecular complexity index is 213. The van der Waals surface area contributed by atoms with E-state index in [2.05, 4.69) is 4.90 Å². The fourth-order valence-corrected chi connectivity index (χ4v) is 2.26. The Morgan fingerprint density at radius 1 is 1.29 bits per heavy atom. The summed E-state index contributed by atoms with van der Waals surface area (Å²) in [6.45, 7) is 4.37. The zero-order chi connectivity index (χ0) is 9.97. The molecule has 80 valence electrons. The molecule has 14 heavy (non-hydrogen) atoms. The van der Waals surface area contributed by atoms with E-state index in [0.29, 0.717) is 6.54 Å². The van der Waals surface area contributed by atoms with Gasteiger partial charge in [-0.05, 0) is 19.3 Å². The number of rotatable bonds is 2. The molecule has 0 bridgehead atoms. The van der Waals surface area contributed by atoms with Crippen molar-refractivity contribution in [2.75, 3.05) is 32.7 Å². The van der Waals surface area contributed by atoms with Crippen molar-refractivity contribution in [3.05, 3.63) is 0 Å². The average Bonchev–Trinajstić information content (AvgIpc) is 2.75. The number of carbonyl (C=O) groups excluding carboxylic acids is 1. The molecule has 2 rings (SSSR count). The van der Waals surface area contributed by atoms with E-state index >= 15 is 0 Å². The van der Waals surface area contributed by atoms with E-state index in [4.69, 9.17) is 5.73 Å². The molecule has 4 nitrogen and oxygen atoms in total. The Morgan fingerprint density at radius 2 is 2.00 bits per heavy atom. The Balaban J connectivity index is 1.76. The minimum absolute atomic E-state index is 0.279. The van der Waals surface area contributed by atoms with Crippen LogP contribution in [0.4, 0.5) is 0 Å². The van der Waals surface area contributed by atoms with Gasteiger partial charge in [0.1, 0.15) is 0 Å². The maximum Gasteiger partial charge on any atom is 0.236 e. The van der Waals surface area contributed by atoms with Crippen LogP contribution < -0.4 is 5.73 Å². The van der Waals surface area contributed by atoms with Crippen LogP contribution in [0, 0.1) is 0 Å². The maximum atomic E-state index is 11.8. The number of hydrogen-bond acceptors (Lipinski definition) is 3. The molecule has 0 aromatic carbocycles.